The molecule has 1 unspecified atom stereocenters. The smallest absolute Gasteiger partial charge is 0.325 e. The van der Waals surface area contributed by atoms with E-state index in [0.29, 0.717) is 11.3 Å². The lowest BCUT2D eigenvalue weighted by Crippen LogP contribution is -2.47. The van der Waals surface area contributed by atoms with Gasteiger partial charge in [0.1, 0.15) is 12.6 Å². The van der Waals surface area contributed by atoms with Crippen molar-refractivity contribution in [3.63, 3.8) is 0 Å². The highest BCUT2D eigenvalue weighted by Gasteiger charge is 2.25. The van der Waals surface area contributed by atoms with Crippen LogP contribution in [-0.4, -0.2) is 43.4 Å². The summed E-state index contributed by atoms with van der Waals surface area (Å²) < 4.78 is 9.51. The molecule has 0 bridgehead atoms. The van der Waals surface area contributed by atoms with Crippen molar-refractivity contribution in [2.75, 3.05) is 19.0 Å². The molecular weight excluding hydrogens is 390 g/mol. The molecule has 1 heterocycles. The van der Waals surface area contributed by atoms with E-state index in [0.717, 1.165) is 0 Å². The quantitative estimate of drug-likeness (QED) is 0.533. The summed E-state index contributed by atoms with van der Waals surface area (Å²) in [6.45, 7) is 3.45. The fraction of sp³-hybridized carbons (Fsp3) is 0.333. The van der Waals surface area contributed by atoms with Gasteiger partial charge in [-0.05, 0) is 35.7 Å². The van der Waals surface area contributed by atoms with Crippen molar-refractivity contribution in [3.8, 4) is 0 Å². The number of hydrogen-bond donors (Lipinski definition) is 3. The summed E-state index contributed by atoms with van der Waals surface area (Å²) >= 11 is 0. The molecule has 0 aliphatic heterocycles. The SMILES string of the molecule is COC(=O)CNC(=O)Cc1ccc(NC(=O)C(NC(=O)c2ccco2)C(C)C)cc1. The van der Waals surface area contributed by atoms with Crippen LogP contribution >= 0.6 is 0 Å². The number of rotatable bonds is 9. The Morgan fingerprint density at radius 3 is 2.33 bits per heavy atom. The number of ether oxygens (including phenoxy) is 1. The third kappa shape index (κ3) is 6.77. The van der Waals surface area contributed by atoms with Crippen molar-refractivity contribution < 1.29 is 28.3 Å². The van der Waals surface area contributed by atoms with E-state index >= 15 is 0 Å². The molecule has 0 spiro atoms. The number of carbonyl (C=O) groups excluding carboxylic acids is 4. The maximum atomic E-state index is 12.6. The second-order valence-electron chi connectivity index (χ2n) is 6.89. The first-order chi connectivity index (χ1) is 14.3. The molecule has 0 saturated heterocycles. The van der Waals surface area contributed by atoms with Crippen LogP contribution in [0.1, 0.15) is 30.0 Å². The second kappa shape index (κ2) is 10.8. The highest BCUT2D eigenvalue weighted by molar-refractivity contribution is 6.00. The minimum Gasteiger partial charge on any atom is -0.468 e. The van der Waals surface area contributed by atoms with Gasteiger partial charge in [-0.25, -0.2) is 0 Å². The molecule has 1 atom stereocenters. The van der Waals surface area contributed by atoms with Crippen molar-refractivity contribution in [1.29, 1.82) is 0 Å². The molecule has 1 aromatic heterocycles. The van der Waals surface area contributed by atoms with E-state index in [1.165, 1.54) is 19.4 Å². The van der Waals surface area contributed by atoms with E-state index in [4.69, 9.17) is 4.42 Å². The Morgan fingerprint density at radius 2 is 1.77 bits per heavy atom. The Kier molecular flexibility index (Phi) is 8.16. The van der Waals surface area contributed by atoms with Gasteiger partial charge >= 0.3 is 5.97 Å². The van der Waals surface area contributed by atoms with Crippen LogP contribution in [0.5, 0.6) is 0 Å². The van der Waals surface area contributed by atoms with E-state index in [1.807, 2.05) is 13.8 Å². The van der Waals surface area contributed by atoms with Crippen molar-refractivity contribution in [2.24, 2.45) is 5.92 Å². The van der Waals surface area contributed by atoms with E-state index in [2.05, 4.69) is 20.7 Å². The summed E-state index contributed by atoms with van der Waals surface area (Å²) in [6, 6.07) is 9.06. The van der Waals surface area contributed by atoms with Gasteiger partial charge in [-0.1, -0.05) is 26.0 Å². The highest BCUT2D eigenvalue weighted by Crippen LogP contribution is 2.13. The molecule has 1 aromatic carbocycles. The van der Waals surface area contributed by atoms with Gasteiger partial charge in [0, 0.05) is 5.69 Å². The molecule has 0 radical (unpaired) electrons. The number of carbonyl (C=O) groups is 4. The van der Waals surface area contributed by atoms with Gasteiger partial charge in [0.2, 0.25) is 11.8 Å². The summed E-state index contributed by atoms with van der Waals surface area (Å²) in [6.07, 6.45) is 1.47. The first kappa shape index (κ1) is 22.7. The molecule has 9 heteroatoms. The van der Waals surface area contributed by atoms with Crippen LogP contribution in [-0.2, 0) is 25.5 Å². The number of hydrogen-bond acceptors (Lipinski definition) is 6. The zero-order valence-corrected chi connectivity index (χ0v) is 17.1. The molecule has 0 fully saturated rings. The third-order valence-corrected chi connectivity index (χ3v) is 4.22. The fourth-order valence-electron chi connectivity index (χ4n) is 2.57. The second-order valence-corrected chi connectivity index (χ2v) is 6.89. The third-order valence-electron chi connectivity index (χ3n) is 4.22. The molecule has 160 valence electrons. The lowest BCUT2D eigenvalue weighted by Gasteiger charge is -2.21. The first-order valence-electron chi connectivity index (χ1n) is 9.38. The largest absolute Gasteiger partial charge is 0.468 e. The van der Waals surface area contributed by atoms with Crippen LogP contribution in [0, 0.1) is 5.92 Å². The topological polar surface area (TPSA) is 127 Å². The predicted molar refractivity (Wildman–Crippen MR) is 109 cm³/mol. The van der Waals surface area contributed by atoms with Gasteiger partial charge in [-0.15, -0.1) is 0 Å². The molecular formula is C21H25N3O6. The lowest BCUT2D eigenvalue weighted by atomic mass is 10.0. The van der Waals surface area contributed by atoms with Crippen molar-refractivity contribution >= 4 is 29.4 Å². The Bertz CT molecular complexity index is 875. The molecule has 2 aromatic rings. The number of nitrogens with one attached hydrogen (secondary N) is 3. The molecule has 30 heavy (non-hydrogen) atoms. The molecule has 0 aliphatic rings. The van der Waals surface area contributed by atoms with Crippen LogP contribution in [0.3, 0.4) is 0 Å². The summed E-state index contributed by atoms with van der Waals surface area (Å²) in [7, 11) is 1.24. The van der Waals surface area contributed by atoms with E-state index in [9.17, 15) is 19.2 Å². The number of benzene rings is 1. The van der Waals surface area contributed by atoms with Crippen LogP contribution < -0.4 is 16.0 Å². The number of methoxy groups -OCH3 is 1. The fourth-order valence-corrected chi connectivity index (χ4v) is 2.57. The summed E-state index contributed by atoms with van der Waals surface area (Å²) in [5.41, 5.74) is 1.23. The molecule has 0 aliphatic carbocycles. The highest BCUT2D eigenvalue weighted by atomic mass is 16.5. The summed E-state index contributed by atoms with van der Waals surface area (Å²) in [4.78, 5) is 47.7. The Morgan fingerprint density at radius 1 is 1.07 bits per heavy atom. The predicted octanol–water partition coefficient (Wildman–Crippen LogP) is 1.50. The van der Waals surface area contributed by atoms with Gasteiger partial charge in [0.05, 0.1) is 19.8 Å². The van der Waals surface area contributed by atoms with Gasteiger partial charge in [-0.2, -0.15) is 0 Å². The Hall–Kier alpha value is -3.62. The van der Waals surface area contributed by atoms with Crippen LogP contribution in [0.4, 0.5) is 5.69 Å². The Labute approximate surface area is 174 Å². The number of esters is 1. The van der Waals surface area contributed by atoms with E-state index in [-0.39, 0.29) is 36.5 Å². The number of amides is 3. The molecule has 2 rings (SSSR count). The first-order valence-corrected chi connectivity index (χ1v) is 9.38. The molecule has 9 nitrogen and oxygen atoms in total. The van der Waals surface area contributed by atoms with Gasteiger partial charge < -0.3 is 25.1 Å². The summed E-state index contributed by atoms with van der Waals surface area (Å²) in [5.74, 6) is -1.71. The van der Waals surface area contributed by atoms with Crippen LogP contribution in [0.25, 0.3) is 0 Å². The van der Waals surface area contributed by atoms with Gasteiger partial charge in [0.25, 0.3) is 5.91 Å². The minimum atomic E-state index is -0.758. The molecule has 0 saturated carbocycles. The lowest BCUT2D eigenvalue weighted by molar-refractivity contribution is -0.141. The standard InChI is InChI=1S/C21H25N3O6/c1-13(2)19(24-20(27)16-5-4-10-30-16)21(28)23-15-8-6-14(7-9-15)11-17(25)22-12-18(26)29-3/h4-10,13,19H,11-12H2,1-3H3,(H,22,25)(H,23,28)(H,24,27). The van der Waals surface area contributed by atoms with Crippen molar-refractivity contribution in [3.05, 3.63) is 54.0 Å². The van der Waals surface area contributed by atoms with Gasteiger partial charge in [0.15, 0.2) is 5.76 Å². The van der Waals surface area contributed by atoms with Crippen LogP contribution in [0.15, 0.2) is 47.1 Å². The minimum absolute atomic E-state index is 0.0824. The maximum Gasteiger partial charge on any atom is 0.325 e. The number of anilines is 1. The van der Waals surface area contributed by atoms with E-state index < -0.39 is 17.9 Å². The monoisotopic (exact) mass is 415 g/mol. The van der Waals surface area contributed by atoms with Crippen molar-refractivity contribution in [1.82, 2.24) is 10.6 Å². The zero-order valence-electron chi connectivity index (χ0n) is 17.1. The van der Waals surface area contributed by atoms with Gasteiger partial charge in [-0.3, -0.25) is 19.2 Å². The number of furan rings is 1. The van der Waals surface area contributed by atoms with E-state index in [1.54, 1.807) is 30.3 Å². The van der Waals surface area contributed by atoms with Crippen molar-refractivity contribution in [2.45, 2.75) is 26.3 Å². The zero-order chi connectivity index (χ0) is 22.1. The Balaban J connectivity index is 1.92. The molecule has 3 N–H and O–H groups in total. The average molecular weight is 415 g/mol. The average Bonchev–Trinajstić information content (AvgIpc) is 3.26. The molecule has 3 amide bonds. The maximum absolute atomic E-state index is 12.6. The van der Waals surface area contributed by atoms with Crippen LogP contribution in [0.2, 0.25) is 0 Å². The summed E-state index contributed by atoms with van der Waals surface area (Å²) in [5, 5.41) is 7.88. The normalized spacial score (nSPS) is 11.5.